The lowest BCUT2D eigenvalue weighted by Crippen LogP contribution is -2.46. The van der Waals surface area contributed by atoms with Crippen molar-refractivity contribution in [3.8, 4) is 6.07 Å². The Morgan fingerprint density at radius 2 is 1.81 bits per heavy atom. The van der Waals surface area contributed by atoms with E-state index in [0.717, 1.165) is 22.8 Å². The molecule has 3 aliphatic rings. The third kappa shape index (κ3) is 6.27. The van der Waals surface area contributed by atoms with Crippen LogP contribution in [-0.2, 0) is 30.5 Å². The summed E-state index contributed by atoms with van der Waals surface area (Å²) < 4.78 is 61.5. The number of ether oxygens (including phenoxy) is 2. The standard InChI is InChI=1S/C36H47F3N2O5Si/c1-20(2)30-28-29(27-25(46-47(8,9)33(3,4)5)18-34(6,7)24(17-26(42)43)31(27)41-30)35(12-14-44-15-13-35)45-32(28)21-10-11-23(36(37,38)39)22(16-21)19-40/h10-11,16,20,24-25,32H,12-15,17-18H2,1-9H3,(H,42,43)/p-1/t24-,25-,32+/m0/s1. The third-order valence-electron chi connectivity index (χ3n) is 10.9. The molecule has 1 aromatic carbocycles. The highest BCUT2D eigenvalue weighted by Crippen LogP contribution is 2.61. The lowest BCUT2D eigenvalue weighted by atomic mass is 9.63. The Morgan fingerprint density at radius 3 is 2.34 bits per heavy atom. The highest BCUT2D eigenvalue weighted by Gasteiger charge is 2.55. The molecule has 0 saturated carbocycles. The van der Waals surface area contributed by atoms with Gasteiger partial charge in [-0.05, 0) is 65.6 Å². The zero-order chi connectivity index (χ0) is 34.9. The Labute approximate surface area is 277 Å². The van der Waals surface area contributed by atoms with Crippen LogP contribution in [0.1, 0.15) is 143 Å². The van der Waals surface area contributed by atoms with Crippen LogP contribution in [0, 0.1) is 16.7 Å². The van der Waals surface area contributed by atoms with Crippen molar-refractivity contribution in [1.82, 2.24) is 4.98 Å². The second-order valence-corrected chi connectivity index (χ2v) is 20.7. The van der Waals surface area contributed by atoms with Gasteiger partial charge in [0.25, 0.3) is 0 Å². The molecule has 0 N–H and O–H groups in total. The molecule has 0 amide bonds. The van der Waals surface area contributed by atoms with E-state index in [1.807, 2.05) is 13.8 Å². The zero-order valence-electron chi connectivity index (χ0n) is 28.9. The molecule has 47 heavy (non-hydrogen) atoms. The maximum atomic E-state index is 13.8. The number of alkyl halides is 3. The first-order chi connectivity index (χ1) is 21.6. The minimum Gasteiger partial charge on any atom is -0.550 e. The number of fused-ring (bicyclic) bond motifs is 4. The Kier molecular flexibility index (Phi) is 9.05. The molecule has 1 fully saturated rings. The minimum absolute atomic E-state index is 0.114. The molecule has 3 heterocycles. The van der Waals surface area contributed by atoms with E-state index >= 15 is 0 Å². The number of carbonyl (C=O) groups excluding carboxylic acids is 1. The van der Waals surface area contributed by atoms with Crippen molar-refractivity contribution in [3.05, 3.63) is 63.0 Å². The van der Waals surface area contributed by atoms with Crippen LogP contribution in [0.2, 0.25) is 18.1 Å². The topological polar surface area (TPSA) is 104 Å². The first kappa shape index (κ1) is 35.5. The van der Waals surface area contributed by atoms with E-state index in [-0.39, 0.29) is 17.4 Å². The van der Waals surface area contributed by atoms with Crippen LogP contribution in [0.5, 0.6) is 0 Å². The quantitative estimate of drug-likeness (QED) is 0.287. The van der Waals surface area contributed by atoms with Crippen LogP contribution in [0.3, 0.4) is 0 Å². The van der Waals surface area contributed by atoms with Crippen LogP contribution < -0.4 is 5.11 Å². The van der Waals surface area contributed by atoms with Crippen molar-refractivity contribution in [1.29, 1.82) is 5.26 Å². The summed E-state index contributed by atoms with van der Waals surface area (Å²) in [7, 11) is -2.39. The number of hydrogen-bond donors (Lipinski definition) is 0. The number of carboxylic acid groups (broad SMARTS) is 1. The van der Waals surface area contributed by atoms with Gasteiger partial charge in [-0.3, -0.25) is 4.98 Å². The van der Waals surface area contributed by atoms with E-state index in [1.54, 1.807) is 6.07 Å². The summed E-state index contributed by atoms with van der Waals surface area (Å²) in [6.07, 6.45) is -4.55. The average Bonchev–Trinajstić information content (AvgIpc) is 3.26. The SMILES string of the molecule is CC(C)c1nc2c(c3c1[C@@H](c1ccc(C(F)(F)F)c(C#N)c1)OC31CCOCC1)[C@@H](O[Si](C)(C)C(C)(C)C)CC(C)(C)[C@H]2CC(=O)[O-]. The summed E-state index contributed by atoms with van der Waals surface area (Å²) >= 11 is 0. The molecule has 3 atom stereocenters. The Morgan fingerprint density at radius 1 is 1.17 bits per heavy atom. The minimum atomic E-state index is -4.68. The molecule has 0 unspecified atom stereocenters. The molecule has 0 radical (unpaired) electrons. The van der Waals surface area contributed by atoms with Crippen molar-refractivity contribution < 1.29 is 37.0 Å². The number of aliphatic carboxylic acids is 1. The number of carboxylic acids is 1. The number of rotatable bonds is 6. The largest absolute Gasteiger partial charge is 0.550 e. The predicted molar refractivity (Wildman–Crippen MR) is 171 cm³/mol. The fourth-order valence-electron chi connectivity index (χ4n) is 7.42. The van der Waals surface area contributed by atoms with Crippen molar-refractivity contribution >= 4 is 14.3 Å². The number of nitrogens with zero attached hydrogens (tertiary/aromatic N) is 2. The van der Waals surface area contributed by atoms with Crippen LogP contribution in [-0.4, -0.2) is 32.5 Å². The molecule has 5 rings (SSSR count). The van der Waals surface area contributed by atoms with E-state index in [2.05, 4.69) is 47.7 Å². The van der Waals surface area contributed by atoms with Gasteiger partial charge in [-0.1, -0.05) is 54.5 Å². The second-order valence-electron chi connectivity index (χ2n) is 15.9. The Balaban J connectivity index is 1.86. The zero-order valence-corrected chi connectivity index (χ0v) is 29.9. The number of nitriles is 1. The summed E-state index contributed by atoms with van der Waals surface area (Å²) in [4.78, 5) is 17.5. The van der Waals surface area contributed by atoms with E-state index < -0.39 is 60.7 Å². The van der Waals surface area contributed by atoms with E-state index in [1.165, 1.54) is 12.1 Å². The van der Waals surface area contributed by atoms with Gasteiger partial charge in [0, 0.05) is 54.8 Å². The van der Waals surface area contributed by atoms with E-state index in [9.17, 15) is 28.3 Å². The van der Waals surface area contributed by atoms with Gasteiger partial charge >= 0.3 is 6.18 Å². The maximum Gasteiger partial charge on any atom is 0.417 e. The van der Waals surface area contributed by atoms with Crippen LogP contribution in [0.4, 0.5) is 13.2 Å². The van der Waals surface area contributed by atoms with Gasteiger partial charge in [-0.2, -0.15) is 18.4 Å². The normalized spacial score (nSPS) is 23.8. The van der Waals surface area contributed by atoms with Crippen LogP contribution in [0.15, 0.2) is 18.2 Å². The molecular weight excluding hydrogens is 625 g/mol. The van der Waals surface area contributed by atoms with Gasteiger partial charge in [0.15, 0.2) is 8.32 Å². The Hall–Kier alpha value is -2.78. The molecule has 2 aromatic rings. The fourth-order valence-corrected chi connectivity index (χ4v) is 8.68. The number of carbonyl (C=O) groups is 1. The van der Waals surface area contributed by atoms with Gasteiger partial charge in [-0.15, -0.1) is 0 Å². The average molecular weight is 672 g/mol. The summed E-state index contributed by atoms with van der Waals surface area (Å²) in [6, 6.07) is 5.37. The first-order valence-electron chi connectivity index (χ1n) is 16.5. The molecule has 1 spiro atoms. The number of benzene rings is 1. The van der Waals surface area contributed by atoms with Crippen molar-refractivity contribution in [2.45, 2.75) is 128 Å². The highest BCUT2D eigenvalue weighted by molar-refractivity contribution is 6.74. The van der Waals surface area contributed by atoms with Crippen LogP contribution >= 0.6 is 0 Å². The smallest absolute Gasteiger partial charge is 0.417 e. The monoisotopic (exact) mass is 671 g/mol. The van der Waals surface area contributed by atoms with Gasteiger partial charge in [-0.25, -0.2) is 0 Å². The molecule has 11 heteroatoms. The number of hydrogen-bond acceptors (Lipinski definition) is 7. The van der Waals surface area contributed by atoms with Gasteiger partial charge in [0.1, 0.15) is 6.10 Å². The summed E-state index contributed by atoms with van der Waals surface area (Å²) in [5.74, 6) is -1.75. The summed E-state index contributed by atoms with van der Waals surface area (Å²) in [5.41, 5.74) is 1.52. The van der Waals surface area contributed by atoms with Gasteiger partial charge in [0.05, 0.1) is 34.6 Å². The summed E-state index contributed by atoms with van der Waals surface area (Å²) in [5, 5.41) is 21.9. The van der Waals surface area contributed by atoms with E-state index in [4.69, 9.17) is 18.9 Å². The molecule has 1 aliphatic carbocycles. The molecule has 0 bridgehead atoms. The molecule has 7 nitrogen and oxygen atoms in total. The van der Waals surface area contributed by atoms with Gasteiger partial charge < -0.3 is 23.8 Å². The second kappa shape index (κ2) is 12.0. The van der Waals surface area contributed by atoms with Crippen molar-refractivity contribution in [2.75, 3.05) is 13.2 Å². The van der Waals surface area contributed by atoms with E-state index in [0.29, 0.717) is 49.4 Å². The molecular formula is C36H46F3N2O5Si-. The van der Waals surface area contributed by atoms with Gasteiger partial charge in [0.2, 0.25) is 0 Å². The first-order valence-corrected chi connectivity index (χ1v) is 19.4. The maximum absolute atomic E-state index is 13.8. The highest BCUT2D eigenvalue weighted by atomic mass is 28.4. The molecule has 256 valence electrons. The number of aromatic nitrogens is 1. The Bertz CT molecular complexity index is 1600. The van der Waals surface area contributed by atoms with Crippen molar-refractivity contribution in [2.24, 2.45) is 5.41 Å². The van der Waals surface area contributed by atoms with Crippen LogP contribution in [0.25, 0.3) is 0 Å². The fraction of sp³-hybridized carbons (Fsp3) is 0.639. The molecule has 2 aliphatic heterocycles. The van der Waals surface area contributed by atoms with Crippen molar-refractivity contribution in [3.63, 3.8) is 0 Å². The molecule has 1 saturated heterocycles. The number of pyridine rings is 1. The summed E-state index contributed by atoms with van der Waals surface area (Å²) in [6.45, 7) is 19.9. The lowest BCUT2D eigenvalue weighted by molar-refractivity contribution is -0.306. The third-order valence-corrected chi connectivity index (χ3v) is 15.4. The molecule has 1 aromatic heterocycles. The predicted octanol–water partition coefficient (Wildman–Crippen LogP) is 7.94. The lowest BCUT2D eigenvalue weighted by Gasteiger charge is -2.49. The number of halogens is 3.